The van der Waals surface area contributed by atoms with Gasteiger partial charge in [0.25, 0.3) is 5.56 Å². The van der Waals surface area contributed by atoms with Gasteiger partial charge in [0.05, 0.1) is 6.61 Å². The lowest BCUT2D eigenvalue weighted by atomic mass is 10.1. The summed E-state index contributed by atoms with van der Waals surface area (Å²) in [6.07, 6.45) is -2.97. The van der Waals surface area contributed by atoms with Crippen LogP contribution < -0.4 is 17.0 Å². The quantitative estimate of drug-likeness (QED) is 0.241. The number of phosphoric acid groups is 1. The Labute approximate surface area is 141 Å². The van der Waals surface area contributed by atoms with E-state index in [1.54, 1.807) is 0 Å². The second kappa shape index (κ2) is 8.34. The molecule has 2 heterocycles. The van der Waals surface area contributed by atoms with Crippen LogP contribution in [-0.2, 0) is 18.6 Å². The third-order valence-electron chi connectivity index (χ3n) is 3.50. The zero-order valence-corrected chi connectivity index (χ0v) is 13.9. The number of phosphoric ester groups is 1. The summed E-state index contributed by atoms with van der Waals surface area (Å²) in [4.78, 5) is 42.7. The summed E-state index contributed by atoms with van der Waals surface area (Å²) in [5.74, 6) is 0. The van der Waals surface area contributed by atoms with E-state index in [2.05, 4.69) is 4.52 Å². The normalized spacial score (nSPS) is 26.9. The summed E-state index contributed by atoms with van der Waals surface area (Å²) >= 11 is 0. The van der Waals surface area contributed by atoms with Crippen LogP contribution in [0.5, 0.6) is 0 Å². The summed E-state index contributed by atoms with van der Waals surface area (Å²) in [5, 5.41) is 10.3. The maximum absolute atomic E-state index is 11.9. The number of H-pyrrole nitrogens is 1. The van der Waals surface area contributed by atoms with Gasteiger partial charge in [-0.1, -0.05) is 0 Å². The molecule has 1 aliphatic heterocycles. The predicted molar refractivity (Wildman–Crippen MR) is 82.6 cm³/mol. The van der Waals surface area contributed by atoms with Gasteiger partial charge >= 0.3 is 13.5 Å². The molecule has 0 bridgehead atoms. The molecule has 0 unspecified atom stereocenters. The molecule has 0 spiro atoms. The average molecular weight is 381 g/mol. The highest BCUT2D eigenvalue weighted by Gasteiger charge is 2.46. The van der Waals surface area contributed by atoms with Crippen LogP contribution in [-0.4, -0.2) is 62.5 Å². The number of nitrogens with two attached hydrogens (primary N) is 1. The number of aliphatic hydroxyl groups is 1. The molecule has 13 heteroatoms. The van der Waals surface area contributed by atoms with E-state index in [4.69, 9.17) is 25.0 Å². The monoisotopic (exact) mass is 381 g/mol. The Kier molecular flexibility index (Phi) is 6.65. The van der Waals surface area contributed by atoms with Crippen molar-refractivity contribution in [2.45, 2.75) is 31.0 Å². The largest absolute Gasteiger partial charge is 0.469 e. The number of nitrogens with one attached hydrogen (secondary N) is 1. The molecule has 1 saturated heterocycles. The van der Waals surface area contributed by atoms with E-state index in [1.165, 1.54) is 6.20 Å². The minimum Gasteiger partial charge on any atom is -0.387 e. The number of aromatic nitrogens is 2. The van der Waals surface area contributed by atoms with Gasteiger partial charge in [-0.05, 0) is 13.0 Å². The standard InChI is InChI=1S/C12H20N3O9P/c13-3-1-5-22-10-9(17)7(6-23-25(19,20)21)24-11(10)15-4-2-8(16)14-12(15)18/h2,4,7,9-11,17H,1,3,5-6,13H2,(H,14,16,18)(H2,19,20,21)/t7-,9-,10-,11-/m1/s1. The molecule has 0 aliphatic carbocycles. The maximum atomic E-state index is 11.9. The van der Waals surface area contributed by atoms with Crippen LogP contribution in [0, 0.1) is 0 Å². The molecular weight excluding hydrogens is 361 g/mol. The minimum atomic E-state index is -4.76. The zero-order chi connectivity index (χ0) is 18.6. The molecule has 0 aromatic carbocycles. The number of nitrogens with zero attached hydrogens (tertiary/aromatic N) is 1. The Hall–Kier alpha value is -1.37. The second-order valence-electron chi connectivity index (χ2n) is 5.34. The molecule has 1 aliphatic rings. The Balaban J connectivity index is 2.22. The summed E-state index contributed by atoms with van der Waals surface area (Å²) in [6.45, 7) is -0.100. The van der Waals surface area contributed by atoms with Crippen molar-refractivity contribution in [2.24, 2.45) is 5.73 Å². The van der Waals surface area contributed by atoms with E-state index in [1.807, 2.05) is 4.98 Å². The molecule has 142 valence electrons. The Morgan fingerprint density at radius 3 is 2.72 bits per heavy atom. The van der Waals surface area contributed by atoms with Crippen molar-refractivity contribution in [3.05, 3.63) is 33.1 Å². The van der Waals surface area contributed by atoms with Gasteiger partial charge < -0.3 is 30.1 Å². The average Bonchev–Trinajstić information content (AvgIpc) is 2.82. The smallest absolute Gasteiger partial charge is 0.387 e. The SMILES string of the molecule is NCCCO[C@@H]1[C@H](O)[C@@H](COP(=O)(O)O)O[C@H]1n1ccc(=O)[nH]c1=O. The molecule has 0 amide bonds. The Morgan fingerprint density at radius 1 is 1.40 bits per heavy atom. The highest BCUT2D eigenvalue weighted by atomic mass is 31.2. The first kappa shape index (κ1) is 19.9. The fourth-order valence-corrected chi connectivity index (χ4v) is 2.70. The van der Waals surface area contributed by atoms with Gasteiger partial charge in [0.15, 0.2) is 6.23 Å². The second-order valence-corrected chi connectivity index (χ2v) is 6.58. The van der Waals surface area contributed by atoms with Crippen molar-refractivity contribution in [2.75, 3.05) is 19.8 Å². The zero-order valence-electron chi connectivity index (χ0n) is 13.1. The molecule has 1 fully saturated rings. The number of aliphatic hydroxyl groups excluding tert-OH is 1. The number of hydrogen-bond acceptors (Lipinski definition) is 8. The fraction of sp³-hybridized carbons (Fsp3) is 0.667. The molecular formula is C12H20N3O9P. The van der Waals surface area contributed by atoms with Gasteiger partial charge in [-0.3, -0.25) is 18.9 Å². The van der Waals surface area contributed by atoms with Crippen LogP contribution in [0.4, 0.5) is 0 Å². The topological polar surface area (TPSA) is 186 Å². The number of hydrogen-bond donors (Lipinski definition) is 5. The van der Waals surface area contributed by atoms with Crippen LogP contribution in [0.15, 0.2) is 21.9 Å². The molecule has 12 nitrogen and oxygen atoms in total. The molecule has 1 aromatic heterocycles. The lowest BCUT2D eigenvalue weighted by molar-refractivity contribution is -0.0741. The molecule has 0 radical (unpaired) electrons. The third-order valence-corrected chi connectivity index (χ3v) is 3.99. The maximum Gasteiger partial charge on any atom is 0.469 e. The van der Waals surface area contributed by atoms with Gasteiger partial charge in [0.2, 0.25) is 0 Å². The Bertz CT molecular complexity index is 729. The highest BCUT2D eigenvalue weighted by molar-refractivity contribution is 7.46. The van der Waals surface area contributed by atoms with E-state index in [-0.39, 0.29) is 6.61 Å². The van der Waals surface area contributed by atoms with E-state index < -0.39 is 50.2 Å². The van der Waals surface area contributed by atoms with Crippen LogP contribution in [0.3, 0.4) is 0 Å². The molecule has 25 heavy (non-hydrogen) atoms. The lowest BCUT2D eigenvalue weighted by Crippen LogP contribution is -2.39. The van der Waals surface area contributed by atoms with Crippen LogP contribution in [0.25, 0.3) is 0 Å². The van der Waals surface area contributed by atoms with Crippen LogP contribution in [0.1, 0.15) is 12.6 Å². The summed E-state index contributed by atoms with van der Waals surface area (Å²) in [6, 6.07) is 1.09. The first-order valence-corrected chi connectivity index (χ1v) is 8.92. The van der Waals surface area contributed by atoms with Crippen molar-refractivity contribution in [3.8, 4) is 0 Å². The number of aromatic amines is 1. The van der Waals surface area contributed by atoms with Crippen LogP contribution >= 0.6 is 7.82 Å². The van der Waals surface area contributed by atoms with Crippen molar-refractivity contribution in [1.29, 1.82) is 0 Å². The Morgan fingerprint density at radius 2 is 2.12 bits per heavy atom. The lowest BCUT2D eigenvalue weighted by Gasteiger charge is -2.22. The summed E-state index contributed by atoms with van der Waals surface area (Å²) in [7, 11) is -4.76. The van der Waals surface area contributed by atoms with E-state index in [0.29, 0.717) is 13.0 Å². The molecule has 1 aromatic rings. The predicted octanol–water partition coefficient (Wildman–Crippen LogP) is -2.36. The van der Waals surface area contributed by atoms with E-state index in [0.717, 1.165) is 10.6 Å². The van der Waals surface area contributed by atoms with Gasteiger partial charge in [-0.25, -0.2) is 9.36 Å². The van der Waals surface area contributed by atoms with E-state index in [9.17, 15) is 19.3 Å². The van der Waals surface area contributed by atoms with Crippen molar-refractivity contribution < 1.29 is 33.5 Å². The number of rotatable bonds is 8. The molecule has 0 saturated carbocycles. The van der Waals surface area contributed by atoms with Gasteiger partial charge in [0.1, 0.15) is 18.3 Å². The van der Waals surface area contributed by atoms with E-state index >= 15 is 0 Å². The first-order chi connectivity index (χ1) is 11.7. The van der Waals surface area contributed by atoms with Crippen molar-refractivity contribution in [1.82, 2.24) is 9.55 Å². The molecule has 2 rings (SSSR count). The first-order valence-electron chi connectivity index (χ1n) is 7.39. The van der Waals surface area contributed by atoms with Crippen LogP contribution in [0.2, 0.25) is 0 Å². The fourth-order valence-electron chi connectivity index (χ4n) is 2.36. The molecule has 4 atom stereocenters. The van der Waals surface area contributed by atoms with Gasteiger partial charge in [-0.2, -0.15) is 0 Å². The summed E-state index contributed by atoms with van der Waals surface area (Å²) < 4.78 is 27.2. The van der Waals surface area contributed by atoms with Gasteiger partial charge in [-0.15, -0.1) is 0 Å². The van der Waals surface area contributed by atoms with Crippen molar-refractivity contribution >= 4 is 7.82 Å². The van der Waals surface area contributed by atoms with Crippen molar-refractivity contribution in [3.63, 3.8) is 0 Å². The third kappa shape index (κ3) is 5.30. The summed E-state index contributed by atoms with van der Waals surface area (Å²) in [5.41, 5.74) is 3.99. The minimum absolute atomic E-state index is 0.169. The highest BCUT2D eigenvalue weighted by Crippen LogP contribution is 2.38. The molecule has 6 N–H and O–H groups in total. The van der Waals surface area contributed by atoms with Gasteiger partial charge in [0, 0.05) is 18.9 Å². The number of ether oxygens (including phenoxy) is 2.